The number of carbonyl (C=O) groups is 2. The van der Waals surface area contributed by atoms with Crippen molar-refractivity contribution >= 4 is 20.0 Å². The summed E-state index contributed by atoms with van der Waals surface area (Å²) in [5, 5.41) is 9.72. The zero-order valence-corrected chi connectivity index (χ0v) is 18.4. The van der Waals surface area contributed by atoms with Crippen LogP contribution in [-0.4, -0.2) is 36.3 Å². The number of benzene rings is 1. The van der Waals surface area contributed by atoms with E-state index in [1.165, 1.54) is 0 Å². The number of aliphatic carboxylic acids is 1. The number of hydrogen-bond acceptors (Lipinski definition) is 4. The third kappa shape index (κ3) is 5.70. The predicted octanol–water partition coefficient (Wildman–Crippen LogP) is 4.10. The van der Waals surface area contributed by atoms with Gasteiger partial charge in [0, 0.05) is 8.07 Å². The van der Waals surface area contributed by atoms with Gasteiger partial charge in [0.25, 0.3) is 0 Å². The SMILES string of the molecule is CC(C)(C#CC[C@@]1(C(=O)O)OC(=O)C1CC[Si](C)(C)C)OCc1ccccc1. The number of carboxylic acid groups (broad SMARTS) is 1. The second kappa shape index (κ2) is 8.50. The second-order valence-electron chi connectivity index (χ2n) is 9.03. The van der Waals surface area contributed by atoms with Gasteiger partial charge in [0.2, 0.25) is 5.60 Å². The molecule has 28 heavy (non-hydrogen) atoms. The Morgan fingerprint density at radius 2 is 1.93 bits per heavy atom. The molecule has 1 fully saturated rings. The quantitative estimate of drug-likeness (QED) is 0.403. The maximum Gasteiger partial charge on any atom is 0.350 e. The van der Waals surface area contributed by atoms with E-state index >= 15 is 0 Å². The predicted molar refractivity (Wildman–Crippen MR) is 110 cm³/mol. The summed E-state index contributed by atoms with van der Waals surface area (Å²) in [6, 6.07) is 10.7. The van der Waals surface area contributed by atoms with E-state index in [0.717, 1.165) is 11.6 Å². The van der Waals surface area contributed by atoms with Crippen LogP contribution in [0.25, 0.3) is 0 Å². The Balaban J connectivity index is 2.03. The number of hydrogen-bond donors (Lipinski definition) is 1. The van der Waals surface area contributed by atoms with Crippen molar-refractivity contribution in [2.45, 2.75) is 70.2 Å². The van der Waals surface area contributed by atoms with Crippen molar-refractivity contribution in [1.82, 2.24) is 0 Å². The van der Waals surface area contributed by atoms with Crippen LogP contribution < -0.4 is 0 Å². The van der Waals surface area contributed by atoms with Crippen LogP contribution in [0, 0.1) is 17.8 Å². The Morgan fingerprint density at radius 1 is 1.29 bits per heavy atom. The molecule has 2 atom stereocenters. The van der Waals surface area contributed by atoms with Gasteiger partial charge >= 0.3 is 11.9 Å². The van der Waals surface area contributed by atoms with Gasteiger partial charge in [-0.25, -0.2) is 4.79 Å². The first-order valence-corrected chi connectivity index (χ1v) is 13.3. The Morgan fingerprint density at radius 3 is 2.46 bits per heavy atom. The van der Waals surface area contributed by atoms with E-state index in [1.54, 1.807) is 0 Å². The first-order valence-electron chi connectivity index (χ1n) is 9.59. The van der Waals surface area contributed by atoms with Crippen molar-refractivity contribution < 1.29 is 24.2 Å². The highest BCUT2D eigenvalue weighted by molar-refractivity contribution is 6.76. The number of ether oxygens (including phenoxy) is 2. The summed E-state index contributed by atoms with van der Waals surface area (Å²) in [7, 11) is -1.39. The Kier molecular flexibility index (Phi) is 6.74. The van der Waals surface area contributed by atoms with Crippen LogP contribution in [0.3, 0.4) is 0 Å². The van der Waals surface area contributed by atoms with Crippen LogP contribution in [0.1, 0.15) is 32.3 Å². The van der Waals surface area contributed by atoms with Crippen LogP contribution in [0.5, 0.6) is 0 Å². The Labute approximate surface area is 168 Å². The third-order valence-electron chi connectivity index (χ3n) is 4.86. The highest BCUT2D eigenvalue weighted by atomic mass is 28.3. The third-order valence-corrected chi connectivity index (χ3v) is 6.65. The van der Waals surface area contributed by atoms with Crippen molar-refractivity contribution in [1.29, 1.82) is 0 Å². The molecule has 1 N–H and O–H groups in total. The molecule has 0 aliphatic carbocycles. The van der Waals surface area contributed by atoms with Gasteiger partial charge in [-0.15, -0.1) is 0 Å². The molecule has 1 aliphatic heterocycles. The number of carbonyl (C=O) groups excluding carboxylic acids is 1. The summed E-state index contributed by atoms with van der Waals surface area (Å²) in [6.07, 6.45) is 0.513. The molecule has 1 saturated heterocycles. The van der Waals surface area contributed by atoms with E-state index < -0.39 is 37.1 Å². The van der Waals surface area contributed by atoms with Gasteiger partial charge in [0.15, 0.2) is 0 Å². The molecule has 5 nitrogen and oxygen atoms in total. The van der Waals surface area contributed by atoms with Gasteiger partial charge in [-0.1, -0.05) is 67.9 Å². The molecule has 0 amide bonds. The first kappa shape index (κ1) is 22.2. The lowest BCUT2D eigenvalue weighted by molar-refractivity contribution is -0.221. The fourth-order valence-electron chi connectivity index (χ4n) is 3.07. The van der Waals surface area contributed by atoms with Crippen LogP contribution in [0.4, 0.5) is 0 Å². The molecule has 1 aliphatic rings. The lowest BCUT2D eigenvalue weighted by Crippen LogP contribution is -2.62. The smallest absolute Gasteiger partial charge is 0.350 e. The van der Waals surface area contributed by atoms with Crippen molar-refractivity contribution in [2.75, 3.05) is 0 Å². The van der Waals surface area contributed by atoms with Crippen molar-refractivity contribution in [3.63, 3.8) is 0 Å². The molecular formula is C22H30O5Si. The van der Waals surface area contributed by atoms with E-state index in [0.29, 0.717) is 13.0 Å². The van der Waals surface area contributed by atoms with Gasteiger partial charge < -0.3 is 14.6 Å². The van der Waals surface area contributed by atoms with Crippen LogP contribution in [-0.2, 0) is 25.7 Å². The highest BCUT2D eigenvalue weighted by Crippen LogP contribution is 2.41. The molecule has 1 aromatic carbocycles. The van der Waals surface area contributed by atoms with Gasteiger partial charge in [-0.05, 0) is 25.8 Å². The summed E-state index contributed by atoms with van der Waals surface area (Å²) in [5.74, 6) is 3.73. The summed E-state index contributed by atoms with van der Waals surface area (Å²) in [6.45, 7) is 10.7. The second-order valence-corrected chi connectivity index (χ2v) is 14.7. The van der Waals surface area contributed by atoms with Gasteiger partial charge in [-0.3, -0.25) is 4.79 Å². The largest absolute Gasteiger partial charge is 0.478 e. The van der Waals surface area contributed by atoms with Crippen LogP contribution in [0.2, 0.25) is 25.7 Å². The Bertz CT molecular complexity index is 770. The van der Waals surface area contributed by atoms with Crippen LogP contribution >= 0.6 is 0 Å². The van der Waals surface area contributed by atoms with Gasteiger partial charge in [0.05, 0.1) is 13.0 Å². The minimum Gasteiger partial charge on any atom is -0.478 e. The minimum atomic E-state index is -1.53. The average Bonchev–Trinajstić information content (AvgIpc) is 2.58. The molecule has 0 radical (unpaired) electrons. The summed E-state index contributed by atoms with van der Waals surface area (Å²) in [5.41, 5.74) is -1.23. The molecular weight excluding hydrogens is 372 g/mol. The maximum atomic E-state index is 11.9. The summed E-state index contributed by atoms with van der Waals surface area (Å²) < 4.78 is 11.0. The molecule has 152 valence electrons. The molecule has 0 spiro atoms. The number of carboxylic acids is 1. The van der Waals surface area contributed by atoms with E-state index in [1.807, 2.05) is 44.2 Å². The highest BCUT2D eigenvalue weighted by Gasteiger charge is 2.61. The standard InChI is InChI=1S/C22H30O5Si/c1-21(2,26-16-17-10-7-6-8-11-17)13-9-14-22(20(24)25)18(19(23)27-22)12-15-28(3,4)5/h6-8,10-11,18H,12,14-16H2,1-5H3,(H,24,25)/t18?,22-/m1/s1. The zero-order valence-electron chi connectivity index (χ0n) is 17.4. The van der Waals surface area contributed by atoms with Crippen molar-refractivity contribution in [2.24, 2.45) is 5.92 Å². The summed E-state index contributed by atoms with van der Waals surface area (Å²) >= 11 is 0. The lowest BCUT2D eigenvalue weighted by atomic mass is 9.77. The van der Waals surface area contributed by atoms with Crippen molar-refractivity contribution in [3.8, 4) is 11.8 Å². The molecule has 1 heterocycles. The molecule has 1 unspecified atom stereocenters. The topological polar surface area (TPSA) is 72.8 Å². The molecule has 6 heteroatoms. The molecule has 0 bridgehead atoms. The lowest BCUT2D eigenvalue weighted by Gasteiger charge is -2.43. The van der Waals surface area contributed by atoms with E-state index in [2.05, 4.69) is 31.5 Å². The minimum absolute atomic E-state index is 0.0252. The van der Waals surface area contributed by atoms with Crippen molar-refractivity contribution in [3.05, 3.63) is 35.9 Å². The Hall–Kier alpha value is -2.10. The number of rotatable bonds is 8. The molecule has 0 aromatic heterocycles. The zero-order chi connectivity index (χ0) is 21.0. The van der Waals surface area contributed by atoms with Gasteiger partial charge in [0.1, 0.15) is 11.5 Å². The fraction of sp³-hybridized carbons (Fsp3) is 0.545. The summed E-state index contributed by atoms with van der Waals surface area (Å²) in [4.78, 5) is 23.8. The van der Waals surface area contributed by atoms with Crippen LogP contribution in [0.15, 0.2) is 30.3 Å². The van der Waals surface area contributed by atoms with E-state index in [9.17, 15) is 14.7 Å². The van der Waals surface area contributed by atoms with E-state index in [-0.39, 0.29) is 6.42 Å². The molecule has 1 aromatic rings. The number of esters is 1. The van der Waals surface area contributed by atoms with Gasteiger partial charge in [-0.2, -0.15) is 0 Å². The normalized spacial score (nSPS) is 21.9. The molecule has 0 saturated carbocycles. The molecule has 2 rings (SSSR count). The number of cyclic esters (lactones) is 1. The first-order chi connectivity index (χ1) is 13.0. The maximum absolute atomic E-state index is 11.9. The van der Waals surface area contributed by atoms with E-state index in [4.69, 9.17) is 9.47 Å². The fourth-order valence-corrected chi connectivity index (χ4v) is 4.23. The average molecular weight is 403 g/mol. The monoisotopic (exact) mass is 402 g/mol.